The molecule has 0 bridgehead atoms. The van der Waals surface area contributed by atoms with Crippen LogP contribution in [0.2, 0.25) is 0 Å². The summed E-state index contributed by atoms with van der Waals surface area (Å²) in [4.78, 5) is 37.6. The lowest BCUT2D eigenvalue weighted by Crippen LogP contribution is -2.30. The highest BCUT2D eigenvalue weighted by molar-refractivity contribution is 5.71. The average molecular weight is 821 g/mol. The maximum atomic E-state index is 12.6. The van der Waals surface area contributed by atoms with Crippen LogP contribution in [0, 0.1) is 11.8 Å². The van der Waals surface area contributed by atoms with E-state index in [0.717, 1.165) is 76.0 Å². The summed E-state index contributed by atoms with van der Waals surface area (Å²) in [6.45, 7) is 11.3. The molecule has 0 fully saturated rings. The molecule has 0 heterocycles. The summed E-state index contributed by atoms with van der Waals surface area (Å²) < 4.78 is 16.7. The zero-order chi connectivity index (χ0) is 42.6. The van der Waals surface area contributed by atoms with Gasteiger partial charge < -0.3 is 14.2 Å². The van der Waals surface area contributed by atoms with E-state index < -0.39 is 6.10 Å². The van der Waals surface area contributed by atoms with Gasteiger partial charge >= 0.3 is 17.9 Å². The molecule has 0 saturated heterocycles. The lowest BCUT2D eigenvalue weighted by molar-refractivity contribution is -0.167. The fourth-order valence-corrected chi connectivity index (χ4v) is 7.81. The van der Waals surface area contributed by atoms with Crippen molar-refractivity contribution < 1.29 is 28.6 Å². The number of hydrogen-bond donors (Lipinski definition) is 0. The van der Waals surface area contributed by atoms with Crippen molar-refractivity contribution in [3.63, 3.8) is 0 Å². The van der Waals surface area contributed by atoms with Crippen LogP contribution in [0.25, 0.3) is 0 Å². The van der Waals surface area contributed by atoms with E-state index >= 15 is 0 Å². The Morgan fingerprint density at radius 1 is 0.328 bits per heavy atom. The minimum absolute atomic E-state index is 0.0652. The van der Waals surface area contributed by atoms with E-state index in [-0.39, 0.29) is 31.1 Å². The molecule has 0 aliphatic rings. The third-order valence-corrected chi connectivity index (χ3v) is 11.7. The van der Waals surface area contributed by atoms with Gasteiger partial charge in [0.15, 0.2) is 6.10 Å². The van der Waals surface area contributed by atoms with Crippen LogP contribution in [0.1, 0.15) is 285 Å². The summed E-state index contributed by atoms with van der Waals surface area (Å²) in [5, 5.41) is 0. The van der Waals surface area contributed by atoms with E-state index in [4.69, 9.17) is 14.2 Å². The van der Waals surface area contributed by atoms with Crippen molar-refractivity contribution in [2.45, 2.75) is 291 Å². The van der Waals surface area contributed by atoms with E-state index in [1.165, 1.54) is 167 Å². The van der Waals surface area contributed by atoms with Gasteiger partial charge in [-0.05, 0) is 31.1 Å². The molecular weight excluding hydrogens is 721 g/mol. The standard InChI is InChI=1S/C52H100O6/c1-6-7-8-30-39-44-52(55)58-49(46-57-51(54)43-38-34-29-25-21-17-19-23-27-32-36-41-48(4)5)45-56-50(53)42-37-33-28-24-20-16-14-12-10-9-11-13-15-18-22-26-31-35-40-47(2)3/h47-49H,6-46H2,1-5H3/t49-/m1/s1. The fraction of sp³-hybridized carbons (Fsp3) is 0.942. The van der Waals surface area contributed by atoms with Crippen molar-refractivity contribution in [1.29, 1.82) is 0 Å². The summed E-state index contributed by atoms with van der Waals surface area (Å²) in [5.74, 6) is 0.822. The van der Waals surface area contributed by atoms with Gasteiger partial charge in [-0.1, -0.05) is 247 Å². The van der Waals surface area contributed by atoms with E-state index in [1.807, 2.05) is 0 Å². The summed E-state index contributed by atoms with van der Waals surface area (Å²) >= 11 is 0. The fourth-order valence-electron chi connectivity index (χ4n) is 7.81. The maximum absolute atomic E-state index is 12.6. The average Bonchev–Trinajstić information content (AvgIpc) is 3.19. The Morgan fingerprint density at radius 3 is 0.845 bits per heavy atom. The number of carbonyl (C=O) groups excluding carboxylic acids is 3. The molecule has 0 aromatic heterocycles. The number of hydrogen-bond acceptors (Lipinski definition) is 6. The predicted octanol–water partition coefficient (Wildman–Crippen LogP) is 16.5. The van der Waals surface area contributed by atoms with Gasteiger partial charge in [0.25, 0.3) is 0 Å². The van der Waals surface area contributed by atoms with E-state index in [0.29, 0.717) is 19.3 Å². The van der Waals surface area contributed by atoms with Crippen LogP contribution in [0.3, 0.4) is 0 Å². The Morgan fingerprint density at radius 2 is 0.569 bits per heavy atom. The molecule has 0 rings (SSSR count). The molecule has 6 heteroatoms. The molecule has 0 spiro atoms. The van der Waals surface area contributed by atoms with Crippen molar-refractivity contribution in [3.05, 3.63) is 0 Å². The van der Waals surface area contributed by atoms with E-state index in [2.05, 4.69) is 34.6 Å². The molecule has 0 radical (unpaired) electrons. The summed E-state index contributed by atoms with van der Waals surface area (Å²) in [5.41, 5.74) is 0. The minimum Gasteiger partial charge on any atom is -0.462 e. The van der Waals surface area contributed by atoms with Crippen LogP contribution in [-0.2, 0) is 28.6 Å². The number of unbranched alkanes of at least 4 members (excludes halogenated alkanes) is 31. The number of carbonyl (C=O) groups is 3. The van der Waals surface area contributed by atoms with Gasteiger partial charge in [0, 0.05) is 19.3 Å². The van der Waals surface area contributed by atoms with Crippen molar-refractivity contribution in [2.75, 3.05) is 13.2 Å². The highest BCUT2D eigenvalue weighted by atomic mass is 16.6. The third-order valence-electron chi connectivity index (χ3n) is 11.7. The van der Waals surface area contributed by atoms with Gasteiger partial charge in [-0.15, -0.1) is 0 Å². The molecule has 0 aliphatic carbocycles. The second-order valence-electron chi connectivity index (χ2n) is 18.8. The van der Waals surface area contributed by atoms with Crippen LogP contribution < -0.4 is 0 Å². The second-order valence-corrected chi connectivity index (χ2v) is 18.8. The molecule has 0 N–H and O–H groups in total. The van der Waals surface area contributed by atoms with Crippen LogP contribution in [0.15, 0.2) is 0 Å². The summed E-state index contributed by atoms with van der Waals surface area (Å²) in [7, 11) is 0. The number of ether oxygens (including phenoxy) is 3. The molecular formula is C52H100O6. The predicted molar refractivity (Wildman–Crippen MR) is 247 cm³/mol. The summed E-state index contributed by atoms with van der Waals surface area (Å²) in [6, 6.07) is 0. The SMILES string of the molecule is CCCCCCCC(=O)O[C@H](COC(=O)CCCCCCCCCCCCCCCCCCCCC(C)C)COC(=O)CCCCCCCCCCCCCC(C)C. The Hall–Kier alpha value is -1.59. The van der Waals surface area contributed by atoms with Crippen LogP contribution in [0.5, 0.6) is 0 Å². The molecule has 0 unspecified atom stereocenters. The minimum atomic E-state index is -0.759. The van der Waals surface area contributed by atoms with E-state index in [1.54, 1.807) is 0 Å². The molecule has 58 heavy (non-hydrogen) atoms. The van der Waals surface area contributed by atoms with Crippen molar-refractivity contribution in [2.24, 2.45) is 11.8 Å². The van der Waals surface area contributed by atoms with Gasteiger partial charge in [0.2, 0.25) is 0 Å². The smallest absolute Gasteiger partial charge is 0.306 e. The Labute approximate surface area is 361 Å². The van der Waals surface area contributed by atoms with E-state index in [9.17, 15) is 14.4 Å². The van der Waals surface area contributed by atoms with Crippen molar-refractivity contribution >= 4 is 17.9 Å². The van der Waals surface area contributed by atoms with Crippen molar-refractivity contribution in [3.8, 4) is 0 Å². The lowest BCUT2D eigenvalue weighted by Gasteiger charge is -2.18. The Kier molecular flexibility index (Phi) is 43.7. The topological polar surface area (TPSA) is 78.9 Å². The monoisotopic (exact) mass is 821 g/mol. The van der Waals surface area contributed by atoms with Gasteiger partial charge in [-0.25, -0.2) is 0 Å². The molecule has 0 saturated carbocycles. The number of rotatable bonds is 46. The van der Waals surface area contributed by atoms with Gasteiger partial charge in [-0.3, -0.25) is 14.4 Å². The normalized spacial score (nSPS) is 12.1. The second kappa shape index (κ2) is 44.9. The molecule has 0 amide bonds. The summed E-state index contributed by atoms with van der Waals surface area (Å²) in [6.07, 6.45) is 45.6. The zero-order valence-corrected chi connectivity index (χ0v) is 39.7. The van der Waals surface area contributed by atoms with Crippen molar-refractivity contribution in [1.82, 2.24) is 0 Å². The van der Waals surface area contributed by atoms with Crippen LogP contribution in [0.4, 0.5) is 0 Å². The molecule has 0 aliphatic heterocycles. The Balaban J connectivity index is 4.02. The largest absolute Gasteiger partial charge is 0.462 e. The number of esters is 3. The zero-order valence-electron chi connectivity index (χ0n) is 39.7. The molecule has 1 atom stereocenters. The first-order valence-electron chi connectivity index (χ1n) is 25.7. The maximum Gasteiger partial charge on any atom is 0.306 e. The molecule has 6 nitrogen and oxygen atoms in total. The van der Waals surface area contributed by atoms with Gasteiger partial charge in [0.1, 0.15) is 13.2 Å². The highest BCUT2D eigenvalue weighted by Gasteiger charge is 2.19. The molecule has 344 valence electrons. The molecule has 0 aromatic rings. The van der Waals surface area contributed by atoms with Crippen LogP contribution >= 0.6 is 0 Å². The third kappa shape index (κ3) is 45.5. The van der Waals surface area contributed by atoms with Gasteiger partial charge in [0.05, 0.1) is 0 Å². The quantitative estimate of drug-likeness (QED) is 0.0346. The first-order valence-corrected chi connectivity index (χ1v) is 25.7. The first kappa shape index (κ1) is 56.4. The van der Waals surface area contributed by atoms with Crippen LogP contribution in [-0.4, -0.2) is 37.2 Å². The lowest BCUT2D eigenvalue weighted by atomic mass is 10.0. The van der Waals surface area contributed by atoms with Gasteiger partial charge in [-0.2, -0.15) is 0 Å². The highest BCUT2D eigenvalue weighted by Crippen LogP contribution is 2.17. The Bertz CT molecular complexity index is 885. The first-order chi connectivity index (χ1) is 28.2. The molecule has 0 aromatic carbocycles.